The monoisotopic (exact) mass is 514 g/mol. The Kier molecular flexibility index (Phi) is 9.52. The number of thiophene rings is 1. The molecule has 1 aromatic heterocycles. The first kappa shape index (κ1) is 28.4. The molecule has 3 rings (SSSR count). The molecule has 0 radical (unpaired) electrons. The zero-order valence-electron chi connectivity index (χ0n) is 21.2. The molecule has 0 unspecified atom stereocenters. The summed E-state index contributed by atoms with van der Waals surface area (Å²) in [6.45, 7) is 12.4. The number of ether oxygens (including phenoxy) is 1. The van der Waals surface area contributed by atoms with Gasteiger partial charge in [0, 0.05) is 23.2 Å². The third-order valence-corrected chi connectivity index (χ3v) is 6.24. The van der Waals surface area contributed by atoms with E-state index in [2.05, 4.69) is 10.3 Å². The zero-order valence-corrected chi connectivity index (χ0v) is 22.8. The van der Waals surface area contributed by atoms with Gasteiger partial charge in [0.05, 0.1) is 18.5 Å². The molecule has 7 heteroatoms. The van der Waals surface area contributed by atoms with Crippen molar-refractivity contribution in [1.29, 1.82) is 0 Å². The molecule has 0 aliphatic carbocycles. The van der Waals surface area contributed by atoms with Crippen LogP contribution in [0.25, 0.3) is 0 Å². The largest absolute Gasteiger partial charge is 0.507 e. The number of nitrogens with one attached hydrogen (secondary N) is 1. The van der Waals surface area contributed by atoms with Crippen molar-refractivity contribution >= 4 is 46.7 Å². The van der Waals surface area contributed by atoms with E-state index in [0.29, 0.717) is 12.0 Å². The minimum atomic E-state index is -0.376. The molecule has 0 aliphatic heterocycles. The third-order valence-electron chi connectivity index (χ3n) is 5.47. The number of hydrogen-bond donors (Lipinski definition) is 2. The van der Waals surface area contributed by atoms with Crippen molar-refractivity contribution < 1.29 is 14.6 Å². The Balaban J connectivity index is 0.00000432. The van der Waals surface area contributed by atoms with Gasteiger partial charge in [-0.15, -0.1) is 23.7 Å². The maximum absolute atomic E-state index is 12.8. The minimum Gasteiger partial charge on any atom is -0.507 e. The van der Waals surface area contributed by atoms with Gasteiger partial charge >= 0.3 is 5.97 Å². The van der Waals surface area contributed by atoms with Gasteiger partial charge in [-0.05, 0) is 58.2 Å². The summed E-state index contributed by atoms with van der Waals surface area (Å²) in [7, 11) is 0. The maximum atomic E-state index is 12.8. The molecule has 2 aromatic carbocycles. The lowest BCUT2D eigenvalue weighted by atomic mass is 9.78. The number of hydrogen-bond acceptors (Lipinski definition) is 5. The first-order chi connectivity index (χ1) is 15.9. The second kappa shape index (κ2) is 11.7. The fraction of sp³-hybridized carbons (Fsp3) is 0.357. The molecule has 0 bridgehead atoms. The first-order valence-electron chi connectivity index (χ1n) is 11.4. The standard InChI is InChI=1S/C28H34N2O3S.ClH/c1-27(2,3)22-16-20(17-23(25(22)31)28(4,5)6)26(32)33-14-13-19-9-11-21(12-10-19)29-18-30-24-8-7-15-34-24;/h7-12,15-18,31H,13-14H2,1-6H3,(H,29,30);1H. The molecule has 0 saturated carbocycles. The van der Waals surface area contributed by atoms with E-state index in [1.807, 2.05) is 83.3 Å². The van der Waals surface area contributed by atoms with Crippen molar-refractivity contribution in [3.63, 3.8) is 0 Å². The summed E-state index contributed by atoms with van der Waals surface area (Å²) >= 11 is 1.58. The lowest BCUT2D eigenvalue weighted by Crippen LogP contribution is -2.19. The van der Waals surface area contributed by atoms with Crippen LogP contribution in [-0.2, 0) is 22.0 Å². The average Bonchev–Trinajstić information content (AvgIpc) is 3.27. The summed E-state index contributed by atoms with van der Waals surface area (Å²) in [6, 6.07) is 15.4. The van der Waals surface area contributed by atoms with Gasteiger partial charge in [-0.25, -0.2) is 9.79 Å². The Morgan fingerprint density at radius 3 is 2.14 bits per heavy atom. The summed E-state index contributed by atoms with van der Waals surface area (Å²) in [5.41, 5.74) is 3.38. The highest BCUT2D eigenvalue weighted by Crippen LogP contribution is 2.39. The van der Waals surface area contributed by atoms with Gasteiger partial charge < -0.3 is 15.2 Å². The fourth-order valence-electron chi connectivity index (χ4n) is 3.52. The van der Waals surface area contributed by atoms with Crippen LogP contribution >= 0.6 is 23.7 Å². The summed E-state index contributed by atoms with van der Waals surface area (Å²) in [4.78, 5) is 17.2. The van der Waals surface area contributed by atoms with Gasteiger partial charge in [0.15, 0.2) is 0 Å². The maximum Gasteiger partial charge on any atom is 0.338 e. The Labute approximate surface area is 218 Å². The van der Waals surface area contributed by atoms with E-state index in [9.17, 15) is 9.90 Å². The predicted octanol–water partition coefficient (Wildman–Crippen LogP) is 7.64. The lowest BCUT2D eigenvalue weighted by molar-refractivity contribution is 0.0509. The normalized spacial score (nSPS) is 11.8. The highest BCUT2D eigenvalue weighted by atomic mass is 35.5. The Morgan fingerprint density at radius 1 is 1.03 bits per heavy atom. The van der Waals surface area contributed by atoms with E-state index >= 15 is 0 Å². The molecule has 188 valence electrons. The molecule has 5 nitrogen and oxygen atoms in total. The van der Waals surface area contributed by atoms with Gasteiger partial charge in [-0.1, -0.05) is 53.7 Å². The summed E-state index contributed by atoms with van der Waals surface area (Å²) < 4.78 is 5.59. The van der Waals surface area contributed by atoms with Crippen LogP contribution in [0.5, 0.6) is 5.75 Å². The molecule has 3 aromatic rings. The van der Waals surface area contributed by atoms with E-state index < -0.39 is 0 Å². The smallest absolute Gasteiger partial charge is 0.338 e. The van der Waals surface area contributed by atoms with Gasteiger partial charge in [-0.3, -0.25) is 0 Å². The van der Waals surface area contributed by atoms with Crippen LogP contribution in [0.4, 0.5) is 10.7 Å². The van der Waals surface area contributed by atoms with Crippen molar-refractivity contribution in [2.24, 2.45) is 4.99 Å². The van der Waals surface area contributed by atoms with Crippen molar-refractivity contribution in [3.8, 4) is 5.75 Å². The molecular formula is C28H35ClN2O3S. The second-order valence-corrected chi connectivity index (χ2v) is 11.3. The lowest BCUT2D eigenvalue weighted by Gasteiger charge is -2.28. The summed E-state index contributed by atoms with van der Waals surface area (Å²) in [5.74, 6) is -0.121. The quantitative estimate of drug-likeness (QED) is 0.193. The summed E-state index contributed by atoms with van der Waals surface area (Å²) in [5, 5.41) is 16.9. The number of phenolic OH excluding ortho intramolecular Hbond substituents is 1. The van der Waals surface area contributed by atoms with Crippen LogP contribution in [-0.4, -0.2) is 24.0 Å². The zero-order chi connectivity index (χ0) is 24.9. The molecule has 0 fully saturated rings. The van der Waals surface area contributed by atoms with Gasteiger partial charge in [0.25, 0.3) is 0 Å². The van der Waals surface area contributed by atoms with E-state index in [1.54, 1.807) is 29.8 Å². The van der Waals surface area contributed by atoms with Crippen LogP contribution in [0.1, 0.15) is 68.6 Å². The number of halogens is 1. The van der Waals surface area contributed by atoms with E-state index in [-0.39, 0.29) is 41.6 Å². The number of nitrogens with zero attached hydrogens (tertiary/aromatic N) is 1. The predicted molar refractivity (Wildman–Crippen MR) is 149 cm³/mol. The fourth-order valence-corrected chi connectivity index (χ4v) is 4.09. The number of anilines is 1. The van der Waals surface area contributed by atoms with E-state index in [4.69, 9.17) is 4.74 Å². The van der Waals surface area contributed by atoms with Gasteiger partial charge in [-0.2, -0.15) is 0 Å². The molecule has 0 spiro atoms. The number of aromatic hydroxyl groups is 1. The number of rotatable bonds is 7. The van der Waals surface area contributed by atoms with Gasteiger partial charge in [0.1, 0.15) is 10.8 Å². The van der Waals surface area contributed by atoms with Crippen LogP contribution in [0.15, 0.2) is 58.9 Å². The number of carbonyl (C=O) groups is 1. The van der Waals surface area contributed by atoms with Crippen LogP contribution in [0, 0.1) is 0 Å². The Morgan fingerprint density at radius 2 is 1.63 bits per heavy atom. The van der Waals surface area contributed by atoms with Gasteiger partial charge in [0.2, 0.25) is 0 Å². The molecule has 0 amide bonds. The number of phenols is 1. The van der Waals surface area contributed by atoms with Crippen LogP contribution in [0.3, 0.4) is 0 Å². The second-order valence-electron chi connectivity index (χ2n) is 10.4. The number of carbonyl (C=O) groups excluding carboxylic acids is 1. The summed E-state index contributed by atoms with van der Waals surface area (Å²) in [6.07, 6.45) is 2.30. The van der Waals surface area contributed by atoms with E-state index in [0.717, 1.165) is 27.4 Å². The van der Waals surface area contributed by atoms with E-state index in [1.165, 1.54) is 0 Å². The molecule has 2 N–H and O–H groups in total. The molecule has 1 heterocycles. The first-order valence-corrected chi connectivity index (χ1v) is 12.3. The number of benzene rings is 2. The SMILES string of the molecule is CC(C)(C)c1cc(C(=O)OCCc2ccc(N/C=N/c3cccs3)cc2)cc(C(C)(C)C)c1O.Cl. The number of aliphatic imine (C=N–C) groups is 1. The molecular weight excluding hydrogens is 480 g/mol. The number of esters is 1. The third kappa shape index (κ3) is 7.84. The topological polar surface area (TPSA) is 70.9 Å². The molecule has 0 saturated heterocycles. The Hall–Kier alpha value is -2.83. The Bertz CT molecular complexity index is 1110. The minimum absolute atomic E-state index is 0. The molecule has 0 atom stereocenters. The van der Waals surface area contributed by atoms with Crippen LogP contribution in [0.2, 0.25) is 0 Å². The average molecular weight is 515 g/mol. The van der Waals surface area contributed by atoms with Crippen molar-refractivity contribution in [2.45, 2.75) is 58.8 Å². The van der Waals surface area contributed by atoms with Crippen molar-refractivity contribution in [3.05, 3.63) is 76.2 Å². The van der Waals surface area contributed by atoms with Crippen molar-refractivity contribution in [2.75, 3.05) is 11.9 Å². The van der Waals surface area contributed by atoms with Crippen molar-refractivity contribution in [1.82, 2.24) is 0 Å². The molecule has 0 aliphatic rings. The molecule has 35 heavy (non-hydrogen) atoms. The highest BCUT2D eigenvalue weighted by molar-refractivity contribution is 7.13. The highest BCUT2D eigenvalue weighted by Gasteiger charge is 2.28. The van der Waals surface area contributed by atoms with Crippen LogP contribution < -0.4 is 5.32 Å².